The molecule has 3 rings (SSSR count). The Morgan fingerprint density at radius 1 is 1.24 bits per heavy atom. The van der Waals surface area contributed by atoms with Crippen LogP contribution >= 0.6 is 22.9 Å². The van der Waals surface area contributed by atoms with Gasteiger partial charge in [0.05, 0.1) is 26.2 Å². The van der Waals surface area contributed by atoms with Gasteiger partial charge in [-0.1, -0.05) is 22.9 Å². The van der Waals surface area contributed by atoms with Crippen LogP contribution in [0.25, 0.3) is 21.0 Å². The quantitative estimate of drug-likeness (QED) is 0.640. The van der Waals surface area contributed by atoms with Crippen LogP contribution in [0.1, 0.15) is 5.56 Å². The van der Waals surface area contributed by atoms with E-state index in [-0.39, 0.29) is 16.0 Å². The van der Waals surface area contributed by atoms with Crippen LogP contribution in [0.4, 0.5) is 18.3 Å². The Morgan fingerprint density at radius 3 is 2.62 bits per heavy atom. The zero-order valence-electron chi connectivity index (χ0n) is 10.0. The minimum Gasteiger partial charge on any atom is -0.375 e. The standard InChI is InChI=1S/C12H5ClF3N3OS/c13-7-1-4-8(2-6(7)12(14,15)16)18-3-5-9(4)21-11(17)19-10(5)20/h1-3H,(H2,17,19,20). The number of nitrogen functional groups attached to an aromatic ring is 1. The van der Waals surface area contributed by atoms with Gasteiger partial charge in [0.25, 0.3) is 5.56 Å². The molecule has 0 fully saturated rings. The molecule has 0 amide bonds. The molecule has 0 spiro atoms. The van der Waals surface area contributed by atoms with Crippen molar-refractivity contribution in [2.75, 3.05) is 5.73 Å². The summed E-state index contributed by atoms with van der Waals surface area (Å²) in [6, 6.07) is 2.00. The van der Waals surface area contributed by atoms with Gasteiger partial charge in [0.1, 0.15) is 0 Å². The second-order valence-electron chi connectivity index (χ2n) is 4.21. The number of hydrogen-bond acceptors (Lipinski definition) is 5. The molecule has 0 radical (unpaired) electrons. The topological polar surface area (TPSA) is 68.9 Å². The van der Waals surface area contributed by atoms with Crippen LogP contribution in [-0.2, 0) is 6.18 Å². The molecule has 0 aliphatic rings. The van der Waals surface area contributed by atoms with E-state index in [0.29, 0.717) is 10.1 Å². The minimum atomic E-state index is -4.58. The highest BCUT2D eigenvalue weighted by atomic mass is 35.5. The van der Waals surface area contributed by atoms with Gasteiger partial charge in [-0.15, -0.1) is 0 Å². The molecule has 0 saturated carbocycles. The summed E-state index contributed by atoms with van der Waals surface area (Å²) in [7, 11) is 0. The van der Waals surface area contributed by atoms with Gasteiger partial charge in [-0.25, -0.2) is 0 Å². The highest BCUT2D eigenvalue weighted by molar-refractivity contribution is 7.22. The van der Waals surface area contributed by atoms with Crippen LogP contribution in [0, 0.1) is 0 Å². The number of fused-ring (bicyclic) bond motifs is 3. The average Bonchev–Trinajstić information content (AvgIpc) is 2.36. The number of alkyl halides is 3. The van der Waals surface area contributed by atoms with Gasteiger partial charge in [0.2, 0.25) is 0 Å². The Morgan fingerprint density at radius 2 is 1.95 bits per heavy atom. The van der Waals surface area contributed by atoms with Crippen LogP contribution in [0.2, 0.25) is 5.02 Å². The van der Waals surface area contributed by atoms with Crippen LogP contribution < -0.4 is 11.3 Å². The zero-order chi connectivity index (χ0) is 15.4. The number of halogens is 4. The maximum Gasteiger partial charge on any atom is 0.417 e. The van der Waals surface area contributed by atoms with E-state index >= 15 is 0 Å². The summed E-state index contributed by atoms with van der Waals surface area (Å²) in [5, 5.41) is 0.0922. The van der Waals surface area contributed by atoms with Gasteiger partial charge in [-0.3, -0.25) is 9.78 Å². The Bertz CT molecular complexity index is 939. The van der Waals surface area contributed by atoms with E-state index in [4.69, 9.17) is 17.3 Å². The monoisotopic (exact) mass is 331 g/mol. The summed E-state index contributed by atoms with van der Waals surface area (Å²) in [4.78, 5) is 19.2. The summed E-state index contributed by atoms with van der Waals surface area (Å²) in [5.41, 5.74) is 4.06. The highest BCUT2D eigenvalue weighted by Crippen LogP contribution is 2.38. The largest absolute Gasteiger partial charge is 0.417 e. The van der Waals surface area contributed by atoms with Crippen molar-refractivity contribution in [3.05, 3.63) is 39.3 Å². The van der Waals surface area contributed by atoms with E-state index in [2.05, 4.69) is 9.97 Å². The first-order valence-electron chi connectivity index (χ1n) is 5.53. The lowest BCUT2D eigenvalue weighted by molar-refractivity contribution is -0.137. The second-order valence-corrected chi connectivity index (χ2v) is 5.64. The molecule has 108 valence electrons. The van der Waals surface area contributed by atoms with E-state index in [1.54, 1.807) is 0 Å². The van der Waals surface area contributed by atoms with Crippen molar-refractivity contribution < 1.29 is 13.2 Å². The summed E-state index contributed by atoms with van der Waals surface area (Å²) >= 11 is 6.69. The van der Waals surface area contributed by atoms with Crippen molar-refractivity contribution in [3.8, 4) is 0 Å². The van der Waals surface area contributed by atoms with Crippen LogP contribution in [-0.4, -0.2) is 9.97 Å². The fraction of sp³-hybridized carbons (Fsp3) is 0.0833. The zero-order valence-corrected chi connectivity index (χ0v) is 11.6. The molecule has 0 saturated heterocycles. The van der Waals surface area contributed by atoms with E-state index in [9.17, 15) is 18.0 Å². The van der Waals surface area contributed by atoms with Crippen molar-refractivity contribution in [2.24, 2.45) is 0 Å². The lowest BCUT2D eigenvalue weighted by Gasteiger charge is -2.10. The summed E-state index contributed by atoms with van der Waals surface area (Å²) < 4.78 is 38.9. The van der Waals surface area contributed by atoms with Crippen LogP contribution in [0.3, 0.4) is 0 Å². The number of aromatic nitrogens is 2. The average molecular weight is 332 g/mol. The molecule has 1 aromatic carbocycles. The summed E-state index contributed by atoms with van der Waals surface area (Å²) in [6.45, 7) is 0. The van der Waals surface area contributed by atoms with Crippen molar-refractivity contribution >= 4 is 49.1 Å². The SMILES string of the molecule is Nc1nc(=O)c2cnc3cc(C(F)(F)F)c(Cl)cc3c2s1. The van der Waals surface area contributed by atoms with Gasteiger partial charge in [0, 0.05) is 11.6 Å². The number of rotatable bonds is 0. The highest BCUT2D eigenvalue weighted by Gasteiger charge is 2.33. The fourth-order valence-corrected chi connectivity index (χ4v) is 3.09. The third-order valence-electron chi connectivity index (χ3n) is 2.86. The van der Waals surface area contributed by atoms with Gasteiger partial charge in [-0.05, 0) is 12.1 Å². The number of nitrogens with zero attached hydrogens (tertiary/aromatic N) is 2. The lowest BCUT2D eigenvalue weighted by Crippen LogP contribution is -2.09. The molecule has 0 aliphatic heterocycles. The summed E-state index contributed by atoms with van der Waals surface area (Å²) in [6.07, 6.45) is -3.39. The second kappa shape index (κ2) is 4.54. The number of nitrogens with two attached hydrogens (primary N) is 1. The van der Waals surface area contributed by atoms with Gasteiger partial charge in [-0.2, -0.15) is 18.2 Å². The Balaban J connectivity index is 2.47. The van der Waals surface area contributed by atoms with E-state index < -0.39 is 22.3 Å². The summed E-state index contributed by atoms with van der Waals surface area (Å²) in [5.74, 6) is 0. The predicted octanol–water partition coefficient (Wildman–Crippen LogP) is 3.46. The first-order valence-corrected chi connectivity index (χ1v) is 6.72. The predicted molar refractivity (Wildman–Crippen MR) is 75.6 cm³/mol. The molecule has 4 nitrogen and oxygen atoms in total. The molecule has 3 aromatic rings. The van der Waals surface area contributed by atoms with Gasteiger partial charge >= 0.3 is 6.18 Å². The third-order valence-corrected chi connectivity index (χ3v) is 4.12. The van der Waals surface area contributed by atoms with Crippen molar-refractivity contribution in [2.45, 2.75) is 6.18 Å². The number of hydrogen-bond donors (Lipinski definition) is 1. The maximum absolute atomic E-state index is 12.8. The number of pyridine rings is 1. The smallest absolute Gasteiger partial charge is 0.375 e. The molecular formula is C12H5ClF3N3OS. The molecule has 0 atom stereocenters. The van der Waals surface area contributed by atoms with Crippen molar-refractivity contribution in [1.29, 1.82) is 0 Å². The Labute approximate surface area is 124 Å². The molecule has 21 heavy (non-hydrogen) atoms. The van der Waals surface area contributed by atoms with Crippen molar-refractivity contribution in [3.63, 3.8) is 0 Å². The first-order chi connectivity index (χ1) is 9.77. The molecule has 2 aromatic heterocycles. The molecule has 2 N–H and O–H groups in total. The molecular weight excluding hydrogens is 327 g/mol. The number of benzene rings is 1. The normalized spacial score (nSPS) is 12.2. The molecule has 9 heteroatoms. The van der Waals surface area contributed by atoms with E-state index in [1.807, 2.05) is 0 Å². The molecule has 0 bridgehead atoms. The Hall–Kier alpha value is -1.93. The van der Waals surface area contributed by atoms with Crippen LogP contribution in [0.5, 0.6) is 0 Å². The van der Waals surface area contributed by atoms with Crippen molar-refractivity contribution in [1.82, 2.24) is 9.97 Å². The maximum atomic E-state index is 12.8. The third kappa shape index (κ3) is 2.30. The first kappa shape index (κ1) is 14.0. The molecule has 0 unspecified atom stereocenters. The molecule has 0 aliphatic carbocycles. The Kier molecular flexibility index (Phi) is 3.03. The van der Waals surface area contributed by atoms with E-state index in [1.165, 1.54) is 6.20 Å². The van der Waals surface area contributed by atoms with Crippen LogP contribution in [0.15, 0.2) is 23.1 Å². The molecule has 2 heterocycles. The lowest BCUT2D eigenvalue weighted by atomic mass is 10.1. The van der Waals surface area contributed by atoms with E-state index in [0.717, 1.165) is 23.5 Å². The minimum absolute atomic E-state index is 0.0241. The number of anilines is 1. The van der Waals surface area contributed by atoms with Gasteiger partial charge < -0.3 is 5.73 Å². The van der Waals surface area contributed by atoms with Gasteiger partial charge in [0.15, 0.2) is 5.13 Å². The fourth-order valence-electron chi connectivity index (χ4n) is 1.96.